The fourth-order valence-corrected chi connectivity index (χ4v) is 3.06. The van der Waals surface area contributed by atoms with Crippen molar-refractivity contribution in [3.8, 4) is 0 Å². The van der Waals surface area contributed by atoms with Gasteiger partial charge in [0, 0.05) is 38.8 Å². The third kappa shape index (κ3) is 6.72. The maximum Gasteiger partial charge on any atom is 0.254 e. The molecular formula is C22H28IN5O2. The van der Waals surface area contributed by atoms with E-state index in [1.54, 1.807) is 24.1 Å². The monoisotopic (exact) mass is 521 g/mol. The Morgan fingerprint density at radius 3 is 2.13 bits per heavy atom. The molecule has 160 valence electrons. The standard InChI is InChI=1S/C22H27N5O2.HI/c1-16-3-5-17(6-4-16)13-25-22(23-2)26-14-18-7-9-19(10-8-18)21(29)27-12-11-24-20(28)15-27;/h3-10H,11-15H2,1-2H3,(H,24,28)(H2,23,25,26);1H. The number of carbonyl (C=O) groups excluding carboxylic acids is 2. The van der Waals surface area contributed by atoms with E-state index in [2.05, 4.69) is 52.1 Å². The number of nitrogens with zero attached hydrogens (tertiary/aromatic N) is 2. The van der Waals surface area contributed by atoms with E-state index in [0.29, 0.717) is 37.7 Å². The molecule has 1 heterocycles. The summed E-state index contributed by atoms with van der Waals surface area (Å²) in [7, 11) is 1.74. The highest BCUT2D eigenvalue weighted by Gasteiger charge is 2.22. The van der Waals surface area contributed by atoms with Gasteiger partial charge in [-0.1, -0.05) is 42.0 Å². The van der Waals surface area contributed by atoms with Crippen molar-refractivity contribution in [2.45, 2.75) is 20.0 Å². The van der Waals surface area contributed by atoms with Crippen LogP contribution < -0.4 is 16.0 Å². The molecule has 8 heteroatoms. The molecule has 3 rings (SSSR count). The highest BCUT2D eigenvalue weighted by Crippen LogP contribution is 2.09. The third-order valence-electron chi connectivity index (χ3n) is 4.79. The number of nitrogens with one attached hydrogen (secondary N) is 3. The second-order valence-corrected chi connectivity index (χ2v) is 7.04. The van der Waals surface area contributed by atoms with Crippen LogP contribution in [0.15, 0.2) is 53.5 Å². The van der Waals surface area contributed by atoms with Gasteiger partial charge in [-0.15, -0.1) is 24.0 Å². The Bertz CT molecular complexity index is 881. The number of amides is 2. The van der Waals surface area contributed by atoms with Crippen LogP contribution in [0.25, 0.3) is 0 Å². The number of piperazine rings is 1. The minimum Gasteiger partial charge on any atom is -0.353 e. The molecule has 7 nitrogen and oxygen atoms in total. The zero-order valence-electron chi connectivity index (χ0n) is 17.3. The van der Waals surface area contributed by atoms with Gasteiger partial charge in [-0.3, -0.25) is 14.6 Å². The summed E-state index contributed by atoms with van der Waals surface area (Å²) in [5, 5.41) is 9.29. The Kier molecular flexibility index (Phi) is 9.10. The van der Waals surface area contributed by atoms with Crippen LogP contribution in [0.5, 0.6) is 0 Å². The van der Waals surface area contributed by atoms with Gasteiger partial charge in [0.2, 0.25) is 5.91 Å². The van der Waals surface area contributed by atoms with Crippen LogP contribution >= 0.6 is 24.0 Å². The number of carbonyl (C=O) groups is 2. The number of aryl methyl sites for hydroxylation is 1. The molecule has 0 aliphatic carbocycles. The average Bonchev–Trinajstić information content (AvgIpc) is 2.75. The Balaban J connectivity index is 0.00000320. The van der Waals surface area contributed by atoms with Crippen molar-refractivity contribution in [3.05, 3.63) is 70.8 Å². The average molecular weight is 521 g/mol. The number of hydrogen-bond acceptors (Lipinski definition) is 3. The summed E-state index contributed by atoms with van der Waals surface area (Å²) in [6, 6.07) is 15.8. The summed E-state index contributed by atoms with van der Waals surface area (Å²) in [5.41, 5.74) is 4.05. The lowest BCUT2D eigenvalue weighted by atomic mass is 10.1. The van der Waals surface area contributed by atoms with E-state index in [4.69, 9.17) is 0 Å². The quantitative estimate of drug-likeness (QED) is 0.320. The molecule has 0 saturated carbocycles. The molecule has 3 N–H and O–H groups in total. The predicted octanol–water partition coefficient (Wildman–Crippen LogP) is 2.05. The number of guanidine groups is 1. The lowest BCUT2D eigenvalue weighted by Crippen LogP contribution is -2.49. The molecule has 2 aromatic carbocycles. The highest BCUT2D eigenvalue weighted by molar-refractivity contribution is 14.0. The van der Waals surface area contributed by atoms with Crippen LogP contribution in [0, 0.1) is 6.92 Å². The van der Waals surface area contributed by atoms with Crippen molar-refractivity contribution < 1.29 is 9.59 Å². The van der Waals surface area contributed by atoms with Gasteiger partial charge in [0.25, 0.3) is 5.91 Å². The largest absolute Gasteiger partial charge is 0.353 e. The van der Waals surface area contributed by atoms with Gasteiger partial charge in [0.15, 0.2) is 5.96 Å². The van der Waals surface area contributed by atoms with Crippen molar-refractivity contribution in [2.24, 2.45) is 4.99 Å². The Morgan fingerprint density at radius 2 is 1.60 bits per heavy atom. The second kappa shape index (κ2) is 11.5. The van der Waals surface area contributed by atoms with Crippen molar-refractivity contribution >= 4 is 41.8 Å². The normalized spacial score (nSPS) is 13.9. The lowest BCUT2D eigenvalue weighted by molar-refractivity contribution is -0.123. The van der Waals surface area contributed by atoms with Crippen molar-refractivity contribution in [3.63, 3.8) is 0 Å². The number of halogens is 1. The fourth-order valence-electron chi connectivity index (χ4n) is 3.06. The summed E-state index contributed by atoms with van der Waals surface area (Å²) in [4.78, 5) is 29.8. The molecule has 2 aromatic rings. The lowest BCUT2D eigenvalue weighted by Gasteiger charge is -2.26. The molecule has 1 saturated heterocycles. The zero-order chi connectivity index (χ0) is 20.6. The predicted molar refractivity (Wildman–Crippen MR) is 129 cm³/mol. The van der Waals surface area contributed by atoms with Crippen LogP contribution in [0.2, 0.25) is 0 Å². The van der Waals surface area contributed by atoms with Gasteiger partial charge in [-0.05, 0) is 30.2 Å². The first-order valence-corrected chi connectivity index (χ1v) is 9.70. The Morgan fingerprint density at radius 1 is 1.03 bits per heavy atom. The van der Waals surface area contributed by atoms with Crippen LogP contribution in [-0.2, 0) is 17.9 Å². The maximum atomic E-state index is 12.5. The SMILES string of the molecule is CN=C(NCc1ccc(C)cc1)NCc1ccc(C(=O)N2CCNC(=O)C2)cc1.I. The van der Waals surface area contributed by atoms with E-state index >= 15 is 0 Å². The van der Waals surface area contributed by atoms with E-state index < -0.39 is 0 Å². The van der Waals surface area contributed by atoms with Gasteiger partial charge in [-0.2, -0.15) is 0 Å². The van der Waals surface area contributed by atoms with Crippen LogP contribution in [0.4, 0.5) is 0 Å². The molecule has 0 atom stereocenters. The minimum absolute atomic E-state index is 0. The first kappa shape index (κ1) is 23.7. The van der Waals surface area contributed by atoms with Gasteiger partial charge in [-0.25, -0.2) is 0 Å². The first-order valence-electron chi connectivity index (χ1n) is 9.70. The highest BCUT2D eigenvalue weighted by atomic mass is 127. The summed E-state index contributed by atoms with van der Waals surface area (Å²) < 4.78 is 0. The molecule has 30 heavy (non-hydrogen) atoms. The smallest absolute Gasteiger partial charge is 0.254 e. The molecule has 0 aromatic heterocycles. The van der Waals surface area contributed by atoms with Crippen molar-refractivity contribution in [1.82, 2.24) is 20.9 Å². The van der Waals surface area contributed by atoms with E-state index in [0.717, 1.165) is 5.56 Å². The van der Waals surface area contributed by atoms with Gasteiger partial charge >= 0.3 is 0 Å². The van der Waals surface area contributed by atoms with E-state index in [-0.39, 0.29) is 42.3 Å². The summed E-state index contributed by atoms with van der Waals surface area (Å²) in [5.74, 6) is 0.481. The molecule has 0 spiro atoms. The fraction of sp³-hybridized carbons (Fsp3) is 0.318. The number of rotatable bonds is 5. The molecule has 0 unspecified atom stereocenters. The molecule has 1 aliphatic heterocycles. The van der Waals surface area contributed by atoms with Crippen molar-refractivity contribution in [1.29, 1.82) is 0 Å². The zero-order valence-corrected chi connectivity index (χ0v) is 19.6. The summed E-state index contributed by atoms with van der Waals surface area (Å²) in [6.45, 7) is 4.51. The topological polar surface area (TPSA) is 85.8 Å². The van der Waals surface area contributed by atoms with Crippen LogP contribution in [0.1, 0.15) is 27.0 Å². The molecule has 0 bridgehead atoms. The van der Waals surface area contributed by atoms with Gasteiger partial charge in [0.1, 0.15) is 0 Å². The molecule has 2 amide bonds. The van der Waals surface area contributed by atoms with Crippen LogP contribution in [0.3, 0.4) is 0 Å². The first-order chi connectivity index (χ1) is 14.0. The number of benzene rings is 2. The molecular weight excluding hydrogens is 493 g/mol. The van der Waals surface area contributed by atoms with Gasteiger partial charge in [0.05, 0.1) is 6.54 Å². The second-order valence-electron chi connectivity index (χ2n) is 7.04. The van der Waals surface area contributed by atoms with Crippen LogP contribution in [-0.4, -0.2) is 49.4 Å². The number of aliphatic imine (C=N–C) groups is 1. The number of hydrogen-bond donors (Lipinski definition) is 3. The molecule has 1 aliphatic rings. The minimum atomic E-state index is -0.116. The van der Waals surface area contributed by atoms with Gasteiger partial charge < -0.3 is 20.9 Å². The van der Waals surface area contributed by atoms with Crippen molar-refractivity contribution in [2.75, 3.05) is 26.7 Å². The molecule has 0 radical (unpaired) electrons. The Labute approximate surface area is 194 Å². The molecule has 1 fully saturated rings. The third-order valence-corrected chi connectivity index (χ3v) is 4.79. The summed E-state index contributed by atoms with van der Waals surface area (Å²) in [6.07, 6.45) is 0. The summed E-state index contributed by atoms with van der Waals surface area (Å²) >= 11 is 0. The van der Waals surface area contributed by atoms with E-state index in [1.807, 2.05) is 12.1 Å². The maximum absolute atomic E-state index is 12.5. The Hall–Kier alpha value is -2.62. The van der Waals surface area contributed by atoms with E-state index in [1.165, 1.54) is 11.1 Å². The van der Waals surface area contributed by atoms with E-state index in [9.17, 15) is 9.59 Å².